The van der Waals surface area contributed by atoms with Gasteiger partial charge in [-0.25, -0.2) is 0 Å². The lowest BCUT2D eigenvalue weighted by molar-refractivity contribution is -0.146. The summed E-state index contributed by atoms with van der Waals surface area (Å²) in [6.45, 7) is 1.41. The van der Waals surface area contributed by atoms with E-state index in [-0.39, 0.29) is 18.7 Å². The van der Waals surface area contributed by atoms with Crippen molar-refractivity contribution in [2.24, 2.45) is 0 Å². The quantitative estimate of drug-likeness (QED) is 0.454. The van der Waals surface area contributed by atoms with E-state index in [9.17, 15) is 19.2 Å². The molecule has 0 aliphatic carbocycles. The van der Waals surface area contributed by atoms with Crippen molar-refractivity contribution in [1.82, 2.24) is 4.90 Å². The standard InChI is InChI=1S/C20H17NO5/c1-13(18(23)14-7-3-2-4-8-14)26-17(22)11-12-21-19(24)15-9-5-6-10-16(15)20(21)25/h2-10,13H,11-12H2,1H3. The molecule has 0 radical (unpaired) electrons. The molecule has 1 unspecified atom stereocenters. The summed E-state index contributed by atoms with van der Waals surface area (Å²) < 4.78 is 5.14. The van der Waals surface area contributed by atoms with Crippen molar-refractivity contribution in [3.63, 3.8) is 0 Å². The summed E-state index contributed by atoms with van der Waals surface area (Å²) in [5.41, 5.74) is 1.12. The van der Waals surface area contributed by atoms with Crippen LogP contribution in [0.1, 0.15) is 44.4 Å². The lowest BCUT2D eigenvalue weighted by Gasteiger charge is -2.15. The van der Waals surface area contributed by atoms with Crippen LogP contribution in [0.5, 0.6) is 0 Å². The summed E-state index contributed by atoms with van der Waals surface area (Å²) in [6, 6.07) is 15.0. The zero-order valence-electron chi connectivity index (χ0n) is 14.2. The third-order valence-corrected chi connectivity index (χ3v) is 4.15. The van der Waals surface area contributed by atoms with Gasteiger partial charge in [-0.3, -0.25) is 24.1 Å². The second-order valence-corrected chi connectivity index (χ2v) is 5.92. The van der Waals surface area contributed by atoms with Gasteiger partial charge in [0.1, 0.15) is 0 Å². The molecule has 3 rings (SSSR count). The van der Waals surface area contributed by atoms with Gasteiger partial charge in [-0.05, 0) is 19.1 Å². The number of carbonyl (C=O) groups is 4. The topological polar surface area (TPSA) is 80.8 Å². The monoisotopic (exact) mass is 351 g/mol. The van der Waals surface area contributed by atoms with E-state index in [1.54, 1.807) is 54.6 Å². The van der Waals surface area contributed by atoms with Crippen molar-refractivity contribution in [3.8, 4) is 0 Å². The van der Waals surface area contributed by atoms with Crippen LogP contribution >= 0.6 is 0 Å². The van der Waals surface area contributed by atoms with E-state index in [1.807, 2.05) is 0 Å². The fourth-order valence-corrected chi connectivity index (χ4v) is 2.79. The van der Waals surface area contributed by atoms with Gasteiger partial charge in [-0.1, -0.05) is 42.5 Å². The molecule has 0 fully saturated rings. The molecular formula is C20H17NO5. The van der Waals surface area contributed by atoms with E-state index >= 15 is 0 Å². The summed E-state index contributed by atoms with van der Waals surface area (Å²) >= 11 is 0. The van der Waals surface area contributed by atoms with E-state index in [1.165, 1.54) is 6.92 Å². The van der Waals surface area contributed by atoms with Gasteiger partial charge in [-0.2, -0.15) is 0 Å². The number of Topliss-reactive ketones (excluding diaryl/α,β-unsaturated/α-hetero) is 1. The molecule has 2 aromatic carbocycles. The van der Waals surface area contributed by atoms with Crippen molar-refractivity contribution in [1.29, 1.82) is 0 Å². The SMILES string of the molecule is CC(OC(=O)CCN1C(=O)c2ccccc2C1=O)C(=O)c1ccccc1. The molecule has 0 saturated heterocycles. The number of benzene rings is 2. The number of ether oxygens (including phenoxy) is 1. The highest BCUT2D eigenvalue weighted by Crippen LogP contribution is 2.22. The second kappa shape index (κ2) is 7.31. The summed E-state index contributed by atoms with van der Waals surface area (Å²) in [5.74, 6) is -1.79. The minimum atomic E-state index is -0.938. The first kappa shape index (κ1) is 17.5. The van der Waals surface area contributed by atoms with Crippen molar-refractivity contribution in [2.75, 3.05) is 6.54 Å². The molecule has 1 heterocycles. The highest BCUT2D eigenvalue weighted by Gasteiger charge is 2.35. The first-order chi connectivity index (χ1) is 12.5. The molecule has 1 aliphatic rings. The summed E-state index contributed by atoms with van der Waals surface area (Å²) in [5, 5.41) is 0. The Kier molecular flexibility index (Phi) is 4.93. The summed E-state index contributed by atoms with van der Waals surface area (Å²) in [6.07, 6.45) is -1.11. The molecule has 0 N–H and O–H groups in total. The molecule has 132 valence electrons. The first-order valence-electron chi connectivity index (χ1n) is 8.23. The van der Waals surface area contributed by atoms with Gasteiger partial charge in [0.15, 0.2) is 6.10 Å². The normalized spacial score (nSPS) is 14.1. The Labute approximate surface area is 150 Å². The van der Waals surface area contributed by atoms with Crippen LogP contribution in [0.15, 0.2) is 54.6 Å². The second-order valence-electron chi connectivity index (χ2n) is 5.92. The molecule has 0 aromatic heterocycles. The maximum absolute atomic E-state index is 12.2. The van der Waals surface area contributed by atoms with Crippen LogP contribution in [-0.4, -0.2) is 41.1 Å². The number of hydrogen-bond donors (Lipinski definition) is 0. The predicted octanol–water partition coefficient (Wildman–Crippen LogP) is 2.49. The fraction of sp³-hybridized carbons (Fsp3) is 0.200. The van der Waals surface area contributed by atoms with E-state index in [0.29, 0.717) is 16.7 Å². The van der Waals surface area contributed by atoms with Crippen molar-refractivity contribution >= 4 is 23.6 Å². The van der Waals surface area contributed by atoms with Gasteiger partial charge in [0, 0.05) is 12.1 Å². The molecule has 6 nitrogen and oxygen atoms in total. The number of esters is 1. The Morgan fingerprint density at radius 3 is 2.04 bits per heavy atom. The van der Waals surface area contributed by atoms with E-state index in [4.69, 9.17) is 4.74 Å². The van der Waals surface area contributed by atoms with E-state index < -0.39 is 23.9 Å². The molecule has 2 amide bonds. The molecule has 0 saturated carbocycles. The van der Waals surface area contributed by atoms with Gasteiger partial charge in [0.25, 0.3) is 11.8 Å². The zero-order chi connectivity index (χ0) is 18.7. The maximum Gasteiger partial charge on any atom is 0.308 e. The Bertz CT molecular complexity index is 840. The molecule has 6 heteroatoms. The van der Waals surface area contributed by atoms with Crippen LogP contribution in [0.3, 0.4) is 0 Å². The average Bonchev–Trinajstić information content (AvgIpc) is 2.91. The lowest BCUT2D eigenvalue weighted by Crippen LogP contribution is -2.33. The molecule has 1 aliphatic heterocycles. The van der Waals surface area contributed by atoms with Crippen LogP contribution in [0.4, 0.5) is 0 Å². The van der Waals surface area contributed by atoms with Crippen molar-refractivity contribution in [3.05, 3.63) is 71.3 Å². The third-order valence-electron chi connectivity index (χ3n) is 4.15. The Hall–Kier alpha value is -3.28. The minimum absolute atomic E-state index is 0.0859. The molecule has 1 atom stereocenters. The number of nitrogens with zero attached hydrogens (tertiary/aromatic N) is 1. The Morgan fingerprint density at radius 1 is 0.923 bits per heavy atom. The predicted molar refractivity (Wildman–Crippen MR) is 92.8 cm³/mol. The number of carbonyl (C=O) groups excluding carboxylic acids is 4. The van der Waals surface area contributed by atoms with Gasteiger partial charge in [0.2, 0.25) is 5.78 Å². The van der Waals surface area contributed by atoms with Crippen LogP contribution < -0.4 is 0 Å². The Balaban J connectivity index is 1.56. The van der Waals surface area contributed by atoms with E-state index in [2.05, 4.69) is 0 Å². The first-order valence-corrected chi connectivity index (χ1v) is 8.23. The van der Waals surface area contributed by atoms with Crippen LogP contribution in [0.2, 0.25) is 0 Å². The smallest absolute Gasteiger partial charge is 0.308 e. The average molecular weight is 351 g/mol. The zero-order valence-corrected chi connectivity index (χ0v) is 14.2. The van der Waals surface area contributed by atoms with Crippen LogP contribution in [0, 0.1) is 0 Å². The van der Waals surface area contributed by atoms with Gasteiger partial charge >= 0.3 is 5.97 Å². The lowest BCUT2D eigenvalue weighted by atomic mass is 10.1. The molecule has 0 bridgehead atoms. The highest BCUT2D eigenvalue weighted by atomic mass is 16.5. The maximum atomic E-state index is 12.2. The molecule has 2 aromatic rings. The summed E-state index contributed by atoms with van der Waals surface area (Å²) in [4.78, 5) is 49.7. The molecule has 26 heavy (non-hydrogen) atoms. The minimum Gasteiger partial charge on any atom is -0.454 e. The number of fused-ring (bicyclic) bond motifs is 1. The van der Waals surface area contributed by atoms with Gasteiger partial charge in [-0.15, -0.1) is 0 Å². The number of amides is 2. The van der Waals surface area contributed by atoms with Gasteiger partial charge < -0.3 is 4.74 Å². The highest BCUT2D eigenvalue weighted by molar-refractivity contribution is 6.21. The molecule has 0 spiro atoms. The van der Waals surface area contributed by atoms with Gasteiger partial charge in [0.05, 0.1) is 17.5 Å². The largest absolute Gasteiger partial charge is 0.454 e. The van der Waals surface area contributed by atoms with Crippen LogP contribution in [-0.2, 0) is 9.53 Å². The number of ketones is 1. The third kappa shape index (κ3) is 3.39. The summed E-state index contributed by atoms with van der Waals surface area (Å²) in [7, 11) is 0. The van der Waals surface area contributed by atoms with Crippen molar-refractivity contribution < 1.29 is 23.9 Å². The number of imide groups is 1. The van der Waals surface area contributed by atoms with E-state index in [0.717, 1.165) is 4.90 Å². The molecular weight excluding hydrogens is 334 g/mol. The fourth-order valence-electron chi connectivity index (χ4n) is 2.79. The van der Waals surface area contributed by atoms with Crippen molar-refractivity contribution in [2.45, 2.75) is 19.4 Å². The number of rotatable bonds is 6. The number of hydrogen-bond acceptors (Lipinski definition) is 5. The van der Waals surface area contributed by atoms with Crippen LogP contribution in [0.25, 0.3) is 0 Å². The Morgan fingerprint density at radius 2 is 1.46 bits per heavy atom.